The van der Waals surface area contributed by atoms with Crippen LogP contribution in [0.1, 0.15) is 26.3 Å². The third-order valence-corrected chi connectivity index (χ3v) is 3.94. The van der Waals surface area contributed by atoms with Gasteiger partial charge in [-0.2, -0.15) is 0 Å². The maximum absolute atomic E-state index is 11.9. The van der Waals surface area contributed by atoms with Gasteiger partial charge in [0.1, 0.15) is 16.1 Å². The van der Waals surface area contributed by atoms with Crippen LogP contribution in [0.2, 0.25) is 0 Å². The average Bonchev–Trinajstić information content (AvgIpc) is 2.25. The Balaban J connectivity index is 3.15. The van der Waals surface area contributed by atoms with E-state index >= 15 is 0 Å². The Morgan fingerprint density at radius 3 is 2.22 bits per heavy atom. The number of hydrogen-bond donors (Lipinski definition) is 1. The first-order chi connectivity index (χ1) is 8.21. The van der Waals surface area contributed by atoms with Gasteiger partial charge in [0.05, 0.1) is 0 Å². The molecule has 1 unspecified atom stereocenters. The monoisotopic (exact) mass is 331 g/mol. The number of halogens is 1. The van der Waals surface area contributed by atoms with Gasteiger partial charge < -0.3 is 9.66 Å². The first-order valence-corrected chi connectivity index (χ1v) is 7.11. The van der Waals surface area contributed by atoms with Crippen LogP contribution in [0.15, 0.2) is 33.1 Å². The summed E-state index contributed by atoms with van der Waals surface area (Å²) in [6.45, 7) is 5.23. The minimum atomic E-state index is -1.60. The maximum Gasteiger partial charge on any atom is 0.359 e. The van der Waals surface area contributed by atoms with E-state index in [-0.39, 0.29) is 5.71 Å². The van der Waals surface area contributed by atoms with Crippen LogP contribution < -0.4 is 0 Å². The molecule has 0 saturated carbocycles. The number of carboxylic acid groups (broad SMARTS) is 1. The molecule has 0 aliphatic heterocycles. The predicted molar refractivity (Wildman–Crippen MR) is 76.2 cm³/mol. The highest BCUT2D eigenvalue weighted by Crippen LogP contribution is 2.19. The molecule has 98 valence electrons. The van der Waals surface area contributed by atoms with E-state index in [1.54, 1.807) is 45.0 Å². The molecule has 0 saturated heterocycles. The molecule has 0 amide bonds. The van der Waals surface area contributed by atoms with E-state index in [4.69, 9.17) is 5.11 Å². The SMILES string of the molecule is CC(C)(C)[S+]([O-])N=C(C(=O)O)c1ccc(Br)cc1. The zero-order chi connectivity index (χ0) is 13.9. The number of nitrogens with zero attached hydrogens (tertiary/aromatic N) is 1. The van der Waals surface area contributed by atoms with Crippen LogP contribution in [0.5, 0.6) is 0 Å². The van der Waals surface area contributed by atoms with Gasteiger partial charge in [0, 0.05) is 10.0 Å². The Hall–Kier alpha value is -0.850. The Morgan fingerprint density at radius 1 is 1.33 bits per heavy atom. The molecule has 0 spiro atoms. The molecule has 0 radical (unpaired) electrons. The number of benzene rings is 1. The Labute approximate surface area is 118 Å². The highest BCUT2D eigenvalue weighted by molar-refractivity contribution is 9.10. The molecule has 1 aromatic rings. The van der Waals surface area contributed by atoms with Crippen molar-refractivity contribution in [3.8, 4) is 0 Å². The van der Waals surface area contributed by atoms with E-state index in [1.807, 2.05) is 0 Å². The van der Waals surface area contributed by atoms with E-state index in [9.17, 15) is 9.35 Å². The third-order valence-electron chi connectivity index (χ3n) is 2.02. The molecule has 0 aliphatic rings. The lowest BCUT2D eigenvalue weighted by molar-refractivity contribution is -0.129. The van der Waals surface area contributed by atoms with Crippen molar-refractivity contribution in [1.82, 2.24) is 0 Å². The summed E-state index contributed by atoms with van der Waals surface area (Å²) in [4.78, 5) is 11.2. The summed E-state index contributed by atoms with van der Waals surface area (Å²) in [7, 11) is 0. The number of aliphatic carboxylic acids is 1. The summed E-state index contributed by atoms with van der Waals surface area (Å²) in [5, 5.41) is 9.13. The van der Waals surface area contributed by atoms with Crippen LogP contribution in [0.3, 0.4) is 0 Å². The van der Waals surface area contributed by atoms with Gasteiger partial charge >= 0.3 is 5.97 Å². The fraction of sp³-hybridized carbons (Fsp3) is 0.333. The average molecular weight is 332 g/mol. The first kappa shape index (κ1) is 15.2. The predicted octanol–water partition coefficient (Wildman–Crippen LogP) is 2.79. The van der Waals surface area contributed by atoms with Gasteiger partial charge in [-0.3, -0.25) is 0 Å². The standard InChI is InChI=1S/C12H14BrNO3S/c1-12(2,3)18(17)14-10(11(15)16)8-4-6-9(13)7-5-8/h4-7H,1-3H3,(H,15,16). The largest absolute Gasteiger partial charge is 0.591 e. The molecule has 1 aromatic carbocycles. The van der Waals surface area contributed by atoms with Crippen molar-refractivity contribution in [3.05, 3.63) is 34.3 Å². The minimum absolute atomic E-state index is 0.184. The van der Waals surface area contributed by atoms with Gasteiger partial charge in [-0.25, -0.2) is 4.79 Å². The zero-order valence-corrected chi connectivity index (χ0v) is 12.7. The van der Waals surface area contributed by atoms with Crippen molar-refractivity contribution in [2.75, 3.05) is 0 Å². The zero-order valence-electron chi connectivity index (χ0n) is 10.3. The summed E-state index contributed by atoms with van der Waals surface area (Å²) in [5.41, 5.74) is 0.249. The summed E-state index contributed by atoms with van der Waals surface area (Å²) in [6.07, 6.45) is 0. The third kappa shape index (κ3) is 4.12. The molecule has 0 fully saturated rings. The van der Waals surface area contributed by atoms with E-state index in [2.05, 4.69) is 20.3 Å². The molecule has 0 aromatic heterocycles. The minimum Gasteiger partial charge on any atom is -0.591 e. The van der Waals surface area contributed by atoms with Crippen molar-refractivity contribution in [2.45, 2.75) is 25.5 Å². The van der Waals surface area contributed by atoms with Crippen LogP contribution in [0.25, 0.3) is 0 Å². The molecule has 6 heteroatoms. The number of hydrogen-bond acceptors (Lipinski definition) is 3. The van der Waals surface area contributed by atoms with Crippen LogP contribution in [0.4, 0.5) is 0 Å². The van der Waals surface area contributed by atoms with Gasteiger partial charge in [0.25, 0.3) is 0 Å². The molecule has 0 bridgehead atoms. The summed E-state index contributed by atoms with van der Waals surface area (Å²) >= 11 is 1.67. The molecule has 4 nitrogen and oxygen atoms in total. The molecular formula is C12H14BrNO3S. The van der Waals surface area contributed by atoms with Gasteiger partial charge in [0.2, 0.25) is 5.71 Å². The van der Waals surface area contributed by atoms with E-state index in [0.29, 0.717) is 5.56 Å². The highest BCUT2D eigenvalue weighted by Gasteiger charge is 2.29. The molecule has 0 aliphatic carbocycles. The second-order valence-corrected chi connectivity index (χ2v) is 7.43. The molecule has 1 atom stereocenters. The van der Waals surface area contributed by atoms with Crippen molar-refractivity contribution in [1.29, 1.82) is 0 Å². The lowest BCUT2D eigenvalue weighted by Crippen LogP contribution is -2.28. The van der Waals surface area contributed by atoms with Crippen molar-refractivity contribution in [3.63, 3.8) is 0 Å². The molecule has 18 heavy (non-hydrogen) atoms. The molecule has 1 rings (SSSR count). The van der Waals surface area contributed by atoms with E-state index in [1.165, 1.54) is 0 Å². The number of rotatable bonds is 3. The second-order valence-electron chi connectivity index (χ2n) is 4.61. The van der Waals surface area contributed by atoms with E-state index < -0.39 is 22.1 Å². The van der Waals surface area contributed by atoms with Gasteiger partial charge in [-0.1, -0.05) is 32.5 Å². The van der Waals surface area contributed by atoms with Crippen LogP contribution in [-0.4, -0.2) is 26.1 Å². The Morgan fingerprint density at radius 2 is 1.83 bits per heavy atom. The van der Waals surface area contributed by atoms with Gasteiger partial charge in [-0.05, 0) is 32.9 Å². The normalized spacial score (nSPS) is 14.4. The Kier molecular flexibility index (Phi) is 4.95. The topological polar surface area (TPSA) is 72.7 Å². The second kappa shape index (κ2) is 5.86. The summed E-state index contributed by atoms with van der Waals surface area (Å²) in [6, 6.07) is 6.68. The van der Waals surface area contributed by atoms with Crippen molar-refractivity contribution >= 4 is 39.0 Å². The van der Waals surface area contributed by atoms with Crippen LogP contribution in [-0.2, 0) is 16.2 Å². The number of carboxylic acids is 1. The first-order valence-electron chi connectivity index (χ1n) is 5.22. The lowest BCUT2D eigenvalue weighted by Gasteiger charge is -2.18. The smallest absolute Gasteiger partial charge is 0.359 e. The van der Waals surface area contributed by atoms with Crippen LogP contribution in [0, 0.1) is 0 Å². The molecular weight excluding hydrogens is 318 g/mol. The fourth-order valence-corrected chi connectivity index (χ4v) is 1.93. The van der Waals surface area contributed by atoms with Gasteiger partial charge in [0.15, 0.2) is 0 Å². The van der Waals surface area contributed by atoms with Crippen LogP contribution >= 0.6 is 15.9 Å². The number of carbonyl (C=O) groups is 1. The van der Waals surface area contributed by atoms with Crippen molar-refractivity contribution < 1.29 is 14.5 Å². The van der Waals surface area contributed by atoms with E-state index in [0.717, 1.165) is 4.47 Å². The van der Waals surface area contributed by atoms with Gasteiger partial charge in [-0.15, -0.1) is 0 Å². The quantitative estimate of drug-likeness (QED) is 0.683. The molecule has 0 heterocycles. The summed E-state index contributed by atoms with van der Waals surface area (Å²) < 4.78 is 15.9. The van der Waals surface area contributed by atoms with Crippen molar-refractivity contribution in [2.24, 2.45) is 4.40 Å². The molecule has 1 N–H and O–H groups in total. The maximum atomic E-state index is 11.9. The highest BCUT2D eigenvalue weighted by atomic mass is 79.9. The fourth-order valence-electron chi connectivity index (χ4n) is 1.04. The Bertz CT molecular complexity index is 465. The summed E-state index contributed by atoms with van der Waals surface area (Å²) in [5.74, 6) is -1.19. The lowest BCUT2D eigenvalue weighted by atomic mass is 10.1.